The molecule has 1 atom stereocenters. The van der Waals surface area contributed by atoms with Crippen LogP contribution in [-0.2, 0) is 6.54 Å². The second-order valence-electron chi connectivity index (χ2n) is 7.94. The Morgan fingerprint density at radius 1 is 0.971 bits per heavy atom. The number of alkyl halides is 3. The number of carbonyl (C=O) groups excluding carboxylic acids is 2. The lowest BCUT2D eigenvalue weighted by molar-refractivity contribution is -0.155. The Balaban J connectivity index is 2.04. The minimum absolute atomic E-state index is 0.189. The third kappa shape index (κ3) is 6.09. The average Bonchev–Trinajstić information content (AvgIpc) is 2.78. The highest BCUT2D eigenvalue weighted by molar-refractivity contribution is 5.99. The van der Waals surface area contributed by atoms with Crippen molar-refractivity contribution in [2.24, 2.45) is 0 Å². The maximum Gasteiger partial charge on any atom is 0.412 e. The molecule has 3 aromatic rings. The lowest BCUT2D eigenvalue weighted by atomic mass is 10.1. The van der Waals surface area contributed by atoms with Gasteiger partial charge in [0.2, 0.25) is 5.43 Å². The molecule has 0 fully saturated rings. The van der Waals surface area contributed by atoms with Crippen molar-refractivity contribution < 1.29 is 22.8 Å². The van der Waals surface area contributed by atoms with E-state index in [0.717, 1.165) is 18.0 Å². The maximum atomic E-state index is 13.7. The summed E-state index contributed by atoms with van der Waals surface area (Å²) in [4.78, 5) is 42.2. The summed E-state index contributed by atoms with van der Waals surface area (Å²) in [6.07, 6.45) is -0.121. The second kappa shape index (κ2) is 10.3. The van der Waals surface area contributed by atoms with E-state index in [-0.39, 0.29) is 23.7 Å². The third-order valence-electron chi connectivity index (χ3n) is 4.82. The molecule has 0 radical (unpaired) electrons. The van der Waals surface area contributed by atoms with E-state index in [0.29, 0.717) is 0 Å². The third-order valence-corrected chi connectivity index (χ3v) is 4.82. The van der Waals surface area contributed by atoms with Crippen molar-refractivity contribution in [1.82, 2.24) is 20.2 Å². The van der Waals surface area contributed by atoms with Gasteiger partial charge in [-0.15, -0.1) is 0 Å². The summed E-state index contributed by atoms with van der Waals surface area (Å²) in [6.45, 7) is 3.58. The van der Waals surface area contributed by atoms with Gasteiger partial charge in [0.25, 0.3) is 11.8 Å². The van der Waals surface area contributed by atoms with E-state index in [4.69, 9.17) is 0 Å². The first-order chi connectivity index (χ1) is 16.1. The van der Waals surface area contributed by atoms with E-state index in [2.05, 4.69) is 10.3 Å². The second-order valence-corrected chi connectivity index (χ2v) is 7.94. The number of carbonyl (C=O) groups is 2. The zero-order valence-corrected chi connectivity index (χ0v) is 18.5. The van der Waals surface area contributed by atoms with E-state index in [1.807, 2.05) is 11.4 Å². The van der Waals surface area contributed by atoms with Crippen LogP contribution in [0.1, 0.15) is 51.7 Å². The number of benzene rings is 1. The minimum Gasteiger partial charge on any atom is -0.350 e. The van der Waals surface area contributed by atoms with Gasteiger partial charge in [0, 0.05) is 42.9 Å². The predicted octanol–water partition coefficient (Wildman–Crippen LogP) is 3.46. The zero-order valence-electron chi connectivity index (χ0n) is 18.5. The van der Waals surface area contributed by atoms with Crippen molar-refractivity contribution in [2.45, 2.75) is 38.7 Å². The van der Waals surface area contributed by atoms with Gasteiger partial charge in [-0.25, -0.2) is 0 Å². The highest BCUT2D eigenvalue weighted by Crippen LogP contribution is 2.32. The van der Waals surface area contributed by atoms with Crippen LogP contribution in [0.4, 0.5) is 13.2 Å². The molecule has 0 aliphatic carbocycles. The molecule has 3 rings (SSSR count). The molecule has 0 bridgehead atoms. The van der Waals surface area contributed by atoms with Crippen LogP contribution in [0.25, 0.3) is 0 Å². The minimum atomic E-state index is -4.84. The largest absolute Gasteiger partial charge is 0.412 e. The van der Waals surface area contributed by atoms with Crippen molar-refractivity contribution in [2.75, 3.05) is 0 Å². The Morgan fingerprint density at radius 2 is 1.59 bits per heavy atom. The lowest BCUT2D eigenvalue weighted by Gasteiger charge is -2.22. The molecule has 0 saturated carbocycles. The van der Waals surface area contributed by atoms with Crippen LogP contribution in [0, 0.1) is 0 Å². The van der Waals surface area contributed by atoms with Gasteiger partial charge in [0.15, 0.2) is 6.04 Å². The predicted molar refractivity (Wildman–Crippen MR) is 119 cm³/mol. The number of nitrogens with one attached hydrogen (secondary N) is 2. The van der Waals surface area contributed by atoms with Gasteiger partial charge in [0.05, 0.1) is 0 Å². The molecule has 0 spiro atoms. The first-order valence-corrected chi connectivity index (χ1v) is 10.4. The van der Waals surface area contributed by atoms with Gasteiger partial charge in [0.1, 0.15) is 11.1 Å². The summed E-state index contributed by atoms with van der Waals surface area (Å²) in [5.74, 6) is -1.98. The Kier molecular flexibility index (Phi) is 7.50. The van der Waals surface area contributed by atoms with Crippen LogP contribution < -0.4 is 16.1 Å². The first-order valence-electron chi connectivity index (χ1n) is 10.4. The SMILES string of the molecule is CC(C)NC(=O)c1cn(Cc2ccccc2)cc(C(=O)NC(c2cccnc2)C(F)(F)F)c1=O. The normalized spacial score (nSPS) is 12.3. The number of aromatic nitrogens is 2. The van der Waals surface area contributed by atoms with Crippen LogP contribution in [0.2, 0.25) is 0 Å². The van der Waals surface area contributed by atoms with Gasteiger partial charge in [-0.05, 0) is 25.5 Å². The van der Waals surface area contributed by atoms with E-state index in [9.17, 15) is 27.6 Å². The Morgan fingerprint density at radius 3 is 2.12 bits per heavy atom. The monoisotopic (exact) mass is 472 g/mol. The molecule has 0 aliphatic rings. The van der Waals surface area contributed by atoms with Crippen LogP contribution in [0.5, 0.6) is 0 Å². The number of nitrogens with zero attached hydrogens (tertiary/aromatic N) is 2. The van der Waals surface area contributed by atoms with Gasteiger partial charge >= 0.3 is 6.18 Å². The number of pyridine rings is 2. The summed E-state index contributed by atoms with van der Waals surface area (Å²) in [5.41, 5.74) is -1.38. The molecule has 7 nitrogen and oxygen atoms in total. The Bertz CT molecular complexity index is 1210. The molecule has 2 aromatic heterocycles. The van der Waals surface area contributed by atoms with Crippen molar-refractivity contribution in [3.8, 4) is 0 Å². The molecule has 1 unspecified atom stereocenters. The molecule has 0 saturated heterocycles. The lowest BCUT2D eigenvalue weighted by Crippen LogP contribution is -2.41. The molecular formula is C24H23F3N4O3. The van der Waals surface area contributed by atoms with Crippen molar-refractivity contribution in [1.29, 1.82) is 0 Å². The van der Waals surface area contributed by atoms with Crippen LogP contribution in [0.3, 0.4) is 0 Å². The fourth-order valence-corrected chi connectivity index (χ4v) is 3.29. The zero-order chi connectivity index (χ0) is 24.9. The van der Waals surface area contributed by atoms with E-state index < -0.39 is 35.0 Å². The quantitative estimate of drug-likeness (QED) is 0.551. The number of halogens is 3. The van der Waals surface area contributed by atoms with E-state index in [1.165, 1.54) is 29.1 Å². The standard InChI is InChI=1S/C24H23F3N4O3/c1-15(2)29-22(33)18-13-31(12-16-7-4-3-5-8-16)14-19(20(18)32)23(34)30-21(24(25,26)27)17-9-6-10-28-11-17/h3-11,13-15,21H,12H2,1-2H3,(H,29,33)(H,30,34). The summed E-state index contributed by atoms with van der Waals surface area (Å²) in [6, 6.07) is 8.79. The number of rotatable bonds is 7. The van der Waals surface area contributed by atoms with Crippen molar-refractivity contribution in [3.63, 3.8) is 0 Å². The highest BCUT2D eigenvalue weighted by Gasteiger charge is 2.42. The molecule has 10 heteroatoms. The van der Waals surface area contributed by atoms with E-state index in [1.54, 1.807) is 38.1 Å². The van der Waals surface area contributed by atoms with E-state index >= 15 is 0 Å². The molecule has 1 aromatic carbocycles. The highest BCUT2D eigenvalue weighted by atomic mass is 19.4. The molecule has 2 heterocycles. The summed E-state index contributed by atoms with van der Waals surface area (Å²) in [5, 5.41) is 4.46. The molecule has 178 valence electrons. The van der Waals surface area contributed by atoms with Crippen LogP contribution in [-0.4, -0.2) is 33.6 Å². The first kappa shape index (κ1) is 24.7. The number of hydrogen-bond acceptors (Lipinski definition) is 4. The molecule has 34 heavy (non-hydrogen) atoms. The van der Waals surface area contributed by atoms with Gasteiger partial charge < -0.3 is 15.2 Å². The average molecular weight is 472 g/mol. The van der Waals surface area contributed by atoms with Crippen LogP contribution in [0.15, 0.2) is 72.0 Å². The fraction of sp³-hybridized carbons (Fsp3) is 0.250. The fourth-order valence-electron chi connectivity index (χ4n) is 3.29. The molecule has 2 amide bonds. The van der Waals surface area contributed by atoms with Gasteiger partial charge in [-0.2, -0.15) is 13.2 Å². The Labute approximate surface area is 193 Å². The van der Waals surface area contributed by atoms with Crippen LogP contribution >= 0.6 is 0 Å². The molecule has 0 aliphatic heterocycles. The topological polar surface area (TPSA) is 93.1 Å². The summed E-state index contributed by atoms with van der Waals surface area (Å²) < 4.78 is 42.6. The maximum absolute atomic E-state index is 13.7. The molecular weight excluding hydrogens is 449 g/mol. The number of amides is 2. The summed E-state index contributed by atoms with van der Waals surface area (Å²) >= 11 is 0. The smallest absolute Gasteiger partial charge is 0.350 e. The Hall–Kier alpha value is -3.95. The number of hydrogen-bond donors (Lipinski definition) is 2. The van der Waals surface area contributed by atoms with Crippen molar-refractivity contribution >= 4 is 11.8 Å². The molecule has 2 N–H and O–H groups in total. The van der Waals surface area contributed by atoms with Gasteiger partial charge in [-0.3, -0.25) is 19.4 Å². The van der Waals surface area contributed by atoms with Gasteiger partial charge in [-0.1, -0.05) is 36.4 Å². The van der Waals surface area contributed by atoms with Crippen molar-refractivity contribution in [3.05, 3.63) is 99.7 Å². The summed E-state index contributed by atoms with van der Waals surface area (Å²) in [7, 11) is 0.